The lowest BCUT2D eigenvalue weighted by molar-refractivity contribution is 0.104. The second-order valence-corrected chi connectivity index (χ2v) is 8.84. The highest BCUT2D eigenvalue weighted by Crippen LogP contribution is 2.40. The van der Waals surface area contributed by atoms with Gasteiger partial charge in [-0.2, -0.15) is 0 Å². The van der Waals surface area contributed by atoms with Crippen molar-refractivity contribution in [2.24, 2.45) is 0 Å². The van der Waals surface area contributed by atoms with Crippen molar-refractivity contribution in [2.75, 3.05) is 19.0 Å². The topological polar surface area (TPSA) is 29.5 Å². The zero-order chi connectivity index (χ0) is 22.0. The van der Waals surface area contributed by atoms with Crippen molar-refractivity contribution in [2.45, 2.75) is 13.8 Å². The van der Waals surface area contributed by atoms with Gasteiger partial charge in [0.15, 0.2) is 0 Å². The molecule has 3 aromatic carbocycles. The van der Waals surface area contributed by atoms with Crippen LogP contribution in [-0.4, -0.2) is 19.9 Å². The van der Waals surface area contributed by atoms with Crippen molar-refractivity contribution in [3.8, 4) is 22.6 Å². The maximum absolute atomic E-state index is 13.2. The number of nitrogens with zero attached hydrogens (tertiary/aromatic N) is 1. The molecule has 3 nitrogen and oxygen atoms in total. The summed E-state index contributed by atoms with van der Waals surface area (Å²) in [7, 11) is 4.02. The maximum Gasteiger partial charge on any atom is 0.203 e. The summed E-state index contributed by atoms with van der Waals surface area (Å²) in [5.41, 5.74) is 5.03. The van der Waals surface area contributed by atoms with Gasteiger partial charge in [-0.05, 0) is 55.3 Å². The molecule has 0 bridgehead atoms. The third kappa shape index (κ3) is 4.54. The first kappa shape index (κ1) is 20.9. The minimum absolute atomic E-state index is 0.0703. The van der Waals surface area contributed by atoms with Crippen LogP contribution in [0.5, 0.6) is 11.5 Å². The summed E-state index contributed by atoms with van der Waals surface area (Å²) in [4.78, 5) is 16.0. The summed E-state index contributed by atoms with van der Waals surface area (Å²) in [5.74, 6) is 1.66. The van der Waals surface area contributed by atoms with Crippen LogP contribution in [-0.2, 0) is 0 Å². The molecular formula is C27H25NO2S. The van der Waals surface area contributed by atoms with Gasteiger partial charge in [-0.15, -0.1) is 11.3 Å². The zero-order valence-corrected chi connectivity index (χ0v) is 19.0. The van der Waals surface area contributed by atoms with Crippen LogP contribution < -0.4 is 9.64 Å². The molecule has 4 rings (SSSR count). The Balaban J connectivity index is 1.65. The normalized spacial score (nSPS) is 10.7. The predicted molar refractivity (Wildman–Crippen MR) is 130 cm³/mol. The number of rotatable bonds is 6. The molecular weight excluding hydrogens is 402 g/mol. The first-order valence-corrected chi connectivity index (χ1v) is 11.0. The van der Waals surface area contributed by atoms with Crippen molar-refractivity contribution in [1.82, 2.24) is 0 Å². The highest BCUT2D eigenvalue weighted by Gasteiger charge is 2.19. The SMILES string of the molecule is Cc1ccc(C(=O)c2cc(-c3ccc(Oc4ccccc4)cc3)c(N(C)C)s2)c(C)c1. The molecule has 0 atom stereocenters. The van der Waals surface area contributed by atoms with Crippen LogP contribution in [0.2, 0.25) is 0 Å². The van der Waals surface area contributed by atoms with Gasteiger partial charge in [0.25, 0.3) is 0 Å². The molecule has 0 radical (unpaired) electrons. The highest BCUT2D eigenvalue weighted by molar-refractivity contribution is 7.18. The van der Waals surface area contributed by atoms with Crippen LogP contribution in [0.1, 0.15) is 26.4 Å². The predicted octanol–water partition coefficient (Wildman–Crippen LogP) is 7.12. The average molecular weight is 428 g/mol. The smallest absolute Gasteiger partial charge is 0.203 e. The summed E-state index contributed by atoms with van der Waals surface area (Å²) in [5, 5.41) is 1.06. The molecule has 0 saturated heterocycles. The van der Waals surface area contributed by atoms with E-state index in [9.17, 15) is 4.79 Å². The Kier molecular flexibility index (Phi) is 5.92. The summed E-state index contributed by atoms with van der Waals surface area (Å²) in [6.07, 6.45) is 0. The Morgan fingerprint density at radius 1 is 0.839 bits per heavy atom. The lowest BCUT2D eigenvalue weighted by atomic mass is 10.0. The van der Waals surface area contributed by atoms with Crippen molar-refractivity contribution < 1.29 is 9.53 Å². The van der Waals surface area contributed by atoms with Gasteiger partial charge >= 0.3 is 0 Å². The number of ketones is 1. The Hall–Kier alpha value is -3.37. The highest BCUT2D eigenvalue weighted by atomic mass is 32.1. The van der Waals surface area contributed by atoms with Crippen molar-refractivity contribution in [3.05, 3.63) is 100 Å². The average Bonchev–Trinajstić information content (AvgIpc) is 3.20. The molecule has 0 N–H and O–H groups in total. The van der Waals surface area contributed by atoms with Crippen LogP contribution in [0.4, 0.5) is 5.00 Å². The minimum atomic E-state index is 0.0703. The van der Waals surface area contributed by atoms with Gasteiger partial charge in [-0.25, -0.2) is 0 Å². The largest absolute Gasteiger partial charge is 0.457 e. The summed E-state index contributed by atoms with van der Waals surface area (Å²) in [6, 6.07) is 25.7. The molecule has 31 heavy (non-hydrogen) atoms. The standard InChI is InChI=1S/C27H25NO2S/c1-18-10-15-23(19(2)16-18)26(29)25-17-24(27(31-25)28(3)4)20-11-13-22(14-12-20)30-21-8-6-5-7-9-21/h5-17H,1-4H3. The fraction of sp³-hybridized carbons (Fsp3) is 0.148. The molecule has 156 valence electrons. The molecule has 0 fully saturated rings. The molecule has 1 aromatic heterocycles. The summed E-state index contributed by atoms with van der Waals surface area (Å²) < 4.78 is 5.91. The molecule has 0 saturated carbocycles. The van der Waals surface area contributed by atoms with Crippen molar-refractivity contribution >= 4 is 22.1 Å². The van der Waals surface area contributed by atoms with Crippen LogP contribution in [0.3, 0.4) is 0 Å². The Morgan fingerprint density at radius 2 is 1.52 bits per heavy atom. The minimum Gasteiger partial charge on any atom is -0.457 e. The van der Waals surface area contributed by atoms with Gasteiger partial charge in [-0.1, -0.05) is 54.1 Å². The maximum atomic E-state index is 13.2. The second kappa shape index (κ2) is 8.78. The number of aryl methyl sites for hydroxylation is 2. The van der Waals surface area contributed by atoms with Gasteiger partial charge in [0.05, 0.1) is 9.88 Å². The number of hydrogen-bond donors (Lipinski definition) is 0. The van der Waals surface area contributed by atoms with E-state index >= 15 is 0 Å². The van der Waals surface area contributed by atoms with Gasteiger partial charge in [0.2, 0.25) is 5.78 Å². The van der Waals surface area contributed by atoms with E-state index in [1.807, 2.05) is 101 Å². The molecule has 4 aromatic rings. The molecule has 1 heterocycles. The van der Waals surface area contributed by atoms with E-state index in [4.69, 9.17) is 4.74 Å². The first-order chi connectivity index (χ1) is 14.9. The van der Waals surface area contributed by atoms with E-state index in [0.717, 1.165) is 49.2 Å². The molecule has 0 aliphatic carbocycles. The second-order valence-electron chi connectivity index (χ2n) is 7.81. The number of ether oxygens (including phenoxy) is 1. The first-order valence-electron chi connectivity index (χ1n) is 10.2. The summed E-state index contributed by atoms with van der Waals surface area (Å²) >= 11 is 1.53. The molecule has 0 aliphatic rings. The third-order valence-electron chi connectivity index (χ3n) is 5.11. The van der Waals surface area contributed by atoms with Crippen molar-refractivity contribution in [1.29, 1.82) is 0 Å². The molecule has 4 heteroatoms. The lowest BCUT2D eigenvalue weighted by Crippen LogP contribution is -2.07. The Bertz CT molecular complexity index is 1210. The van der Waals surface area contributed by atoms with E-state index in [-0.39, 0.29) is 5.78 Å². The van der Waals surface area contributed by atoms with Crippen LogP contribution in [0.15, 0.2) is 78.9 Å². The Morgan fingerprint density at radius 3 is 2.16 bits per heavy atom. The number of carbonyl (C=O) groups is 1. The number of thiophene rings is 1. The zero-order valence-electron chi connectivity index (χ0n) is 18.2. The van der Waals surface area contributed by atoms with Gasteiger partial charge in [-0.3, -0.25) is 4.79 Å². The quantitative estimate of drug-likeness (QED) is 0.307. The number of benzene rings is 3. The number of para-hydroxylation sites is 1. The van der Waals surface area contributed by atoms with Crippen LogP contribution in [0.25, 0.3) is 11.1 Å². The van der Waals surface area contributed by atoms with E-state index < -0.39 is 0 Å². The van der Waals surface area contributed by atoms with Gasteiger partial charge in [0, 0.05) is 25.2 Å². The Labute approximate surface area is 187 Å². The monoisotopic (exact) mass is 427 g/mol. The van der Waals surface area contributed by atoms with Crippen molar-refractivity contribution in [3.63, 3.8) is 0 Å². The molecule has 0 unspecified atom stereocenters. The van der Waals surface area contributed by atoms with E-state index in [1.165, 1.54) is 11.3 Å². The van der Waals surface area contributed by atoms with E-state index in [2.05, 4.69) is 11.0 Å². The fourth-order valence-electron chi connectivity index (χ4n) is 3.56. The molecule has 0 amide bonds. The van der Waals surface area contributed by atoms with E-state index in [0.29, 0.717) is 0 Å². The number of hydrogen-bond acceptors (Lipinski definition) is 4. The lowest BCUT2D eigenvalue weighted by Gasteiger charge is -2.13. The van der Waals surface area contributed by atoms with E-state index in [1.54, 1.807) is 0 Å². The third-order valence-corrected chi connectivity index (χ3v) is 6.41. The number of carbonyl (C=O) groups excluding carboxylic acids is 1. The number of anilines is 1. The van der Waals surface area contributed by atoms with Gasteiger partial charge in [0.1, 0.15) is 11.5 Å². The van der Waals surface area contributed by atoms with Gasteiger partial charge < -0.3 is 9.64 Å². The van der Waals surface area contributed by atoms with Crippen LogP contribution in [0, 0.1) is 13.8 Å². The summed E-state index contributed by atoms with van der Waals surface area (Å²) in [6.45, 7) is 4.03. The van der Waals surface area contributed by atoms with Crippen LogP contribution >= 0.6 is 11.3 Å². The molecule has 0 aliphatic heterocycles. The molecule has 0 spiro atoms. The fourth-order valence-corrected chi connectivity index (χ4v) is 4.62.